The highest BCUT2D eigenvalue weighted by atomic mass is 32.2. The van der Waals surface area contributed by atoms with Gasteiger partial charge in [-0.15, -0.1) is 0 Å². The van der Waals surface area contributed by atoms with Gasteiger partial charge in [0, 0.05) is 14.1 Å². The van der Waals surface area contributed by atoms with Crippen LogP contribution in [-0.4, -0.2) is 40.0 Å². The van der Waals surface area contributed by atoms with Crippen LogP contribution in [0.25, 0.3) is 0 Å². The van der Waals surface area contributed by atoms with Gasteiger partial charge in [-0.1, -0.05) is 0 Å². The average Bonchev–Trinajstić information content (AvgIpc) is 1.59. The molecular formula is C4H10N2O2S. The molecule has 0 unspecified atom stereocenters. The zero-order valence-corrected chi connectivity index (χ0v) is 6.51. The van der Waals surface area contributed by atoms with Crippen molar-refractivity contribution in [2.24, 2.45) is 4.40 Å². The predicted molar refractivity (Wildman–Crippen MR) is 37.0 cm³/mol. The molecule has 0 rings (SSSR count). The van der Waals surface area contributed by atoms with E-state index in [-0.39, 0.29) is 0 Å². The second-order valence-corrected chi connectivity index (χ2v) is 3.59. The van der Waals surface area contributed by atoms with Gasteiger partial charge in [0.15, 0.2) is 0 Å². The zero-order valence-electron chi connectivity index (χ0n) is 5.70. The SMILES string of the molecule is CN(C)C=NS(C)(=O)=O. The van der Waals surface area contributed by atoms with Crippen LogP contribution in [0.1, 0.15) is 0 Å². The van der Waals surface area contributed by atoms with Crippen molar-refractivity contribution >= 4 is 16.4 Å². The fraction of sp³-hybridized carbons (Fsp3) is 0.750. The summed E-state index contributed by atoms with van der Waals surface area (Å²) in [5.74, 6) is 0. The van der Waals surface area contributed by atoms with E-state index in [1.165, 1.54) is 6.34 Å². The first-order chi connectivity index (χ1) is 3.92. The molecule has 54 valence electrons. The van der Waals surface area contributed by atoms with E-state index in [0.29, 0.717) is 0 Å². The summed E-state index contributed by atoms with van der Waals surface area (Å²) >= 11 is 0. The van der Waals surface area contributed by atoms with Crippen molar-refractivity contribution in [3.8, 4) is 0 Å². The van der Waals surface area contributed by atoms with Gasteiger partial charge in [0.25, 0.3) is 10.0 Å². The summed E-state index contributed by atoms with van der Waals surface area (Å²) in [5.41, 5.74) is 0. The highest BCUT2D eigenvalue weighted by Crippen LogP contribution is 1.80. The molecule has 0 saturated carbocycles. The Morgan fingerprint density at radius 1 is 1.44 bits per heavy atom. The third kappa shape index (κ3) is 7.42. The molecule has 0 amide bonds. The van der Waals surface area contributed by atoms with E-state index in [1.54, 1.807) is 19.0 Å². The fourth-order valence-electron chi connectivity index (χ4n) is 0.180. The van der Waals surface area contributed by atoms with Crippen molar-refractivity contribution in [2.45, 2.75) is 0 Å². The summed E-state index contributed by atoms with van der Waals surface area (Å²) < 4.78 is 23.9. The lowest BCUT2D eigenvalue weighted by Gasteiger charge is -1.99. The van der Waals surface area contributed by atoms with Crippen molar-refractivity contribution in [3.63, 3.8) is 0 Å². The molecule has 0 spiro atoms. The highest BCUT2D eigenvalue weighted by molar-refractivity contribution is 7.89. The lowest BCUT2D eigenvalue weighted by Crippen LogP contribution is -2.09. The molecule has 4 nitrogen and oxygen atoms in total. The maximum absolute atomic E-state index is 10.3. The van der Waals surface area contributed by atoms with E-state index < -0.39 is 10.0 Å². The quantitative estimate of drug-likeness (QED) is 0.395. The lowest BCUT2D eigenvalue weighted by molar-refractivity contribution is 0.600. The van der Waals surface area contributed by atoms with Gasteiger partial charge in [0.05, 0.1) is 6.26 Å². The third-order valence-electron chi connectivity index (χ3n) is 0.470. The Kier molecular flexibility index (Phi) is 2.64. The molecule has 0 saturated heterocycles. The molecule has 9 heavy (non-hydrogen) atoms. The van der Waals surface area contributed by atoms with E-state index >= 15 is 0 Å². The van der Waals surface area contributed by atoms with Crippen molar-refractivity contribution in [1.29, 1.82) is 0 Å². The van der Waals surface area contributed by atoms with Gasteiger partial charge >= 0.3 is 0 Å². The first kappa shape index (κ1) is 8.42. The lowest BCUT2D eigenvalue weighted by atomic mass is 11.0. The molecular weight excluding hydrogens is 140 g/mol. The maximum Gasteiger partial charge on any atom is 0.251 e. The summed E-state index contributed by atoms with van der Waals surface area (Å²) in [6.45, 7) is 0. The minimum Gasteiger partial charge on any atom is -0.368 e. The fourth-order valence-corrected chi connectivity index (χ4v) is 0.540. The molecule has 0 aliphatic rings. The molecule has 0 aromatic heterocycles. The van der Waals surface area contributed by atoms with Crippen LogP contribution in [0.4, 0.5) is 0 Å². The van der Waals surface area contributed by atoms with Gasteiger partial charge in [-0.05, 0) is 0 Å². The molecule has 0 aliphatic heterocycles. The van der Waals surface area contributed by atoms with Crippen LogP contribution in [0.3, 0.4) is 0 Å². The van der Waals surface area contributed by atoms with E-state index in [9.17, 15) is 8.42 Å². The number of hydrogen-bond acceptors (Lipinski definition) is 2. The Labute approximate surface area is 55.3 Å². The Bertz CT molecular complexity index is 193. The van der Waals surface area contributed by atoms with Crippen LogP contribution in [0.15, 0.2) is 4.40 Å². The number of sulfonamides is 1. The predicted octanol–water partition coefficient (Wildman–Crippen LogP) is -0.464. The van der Waals surface area contributed by atoms with Crippen LogP contribution in [-0.2, 0) is 10.0 Å². The second-order valence-electron chi connectivity index (χ2n) is 1.92. The van der Waals surface area contributed by atoms with Crippen LogP contribution < -0.4 is 0 Å². The topological polar surface area (TPSA) is 49.7 Å². The summed E-state index contributed by atoms with van der Waals surface area (Å²) in [5, 5.41) is 0. The summed E-state index contributed by atoms with van der Waals surface area (Å²) in [7, 11) is 0.215. The standard InChI is InChI=1S/C4H10N2O2S/c1-6(2)4-5-9(3,7)8/h4H,1-3H3. The van der Waals surface area contributed by atoms with E-state index in [0.717, 1.165) is 6.26 Å². The molecule has 0 heterocycles. The van der Waals surface area contributed by atoms with Gasteiger partial charge in [-0.3, -0.25) is 0 Å². The second kappa shape index (κ2) is 2.82. The Morgan fingerprint density at radius 2 is 1.89 bits per heavy atom. The Morgan fingerprint density at radius 3 is 2.00 bits per heavy atom. The monoisotopic (exact) mass is 150 g/mol. The highest BCUT2D eigenvalue weighted by Gasteiger charge is 1.91. The molecule has 0 aromatic rings. The van der Waals surface area contributed by atoms with Crippen molar-refractivity contribution in [1.82, 2.24) is 4.90 Å². The average molecular weight is 150 g/mol. The minimum atomic E-state index is -3.19. The molecule has 0 aromatic carbocycles. The van der Waals surface area contributed by atoms with Crippen molar-refractivity contribution in [2.75, 3.05) is 20.4 Å². The Hall–Kier alpha value is -0.580. The largest absolute Gasteiger partial charge is 0.368 e. The molecule has 0 aliphatic carbocycles. The van der Waals surface area contributed by atoms with Gasteiger partial charge in [0.2, 0.25) is 0 Å². The molecule has 0 N–H and O–H groups in total. The molecule has 0 bridgehead atoms. The van der Waals surface area contributed by atoms with E-state index in [4.69, 9.17) is 0 Å². The van der Waals surface area contributed by atoms with Crippen LogP contribution in [0, 0.1) is 0 Å². The normalized spacial score (nSPS) is 12.3. The maximum atomic E-state index is 10.3. The van der Waals surface area contributed by atoms with Gasteiger partial charge in [0.1, 0.15) is 6.34 Å². The van der Waals surface area contributed by atoms with E-state index in [1.807, 2.05) is 0 Å². The number of nitrogens with zero attached hydrogens (tertiary/aromatic N) is 2. The van der Waals surface area contributed by atoms with Crippen LogP contribution >= 0.6 is 0 Å². The smallest absolute Gasteiger partial charge is 0.251 e. The van der Waals surface area contributed by atoms with Gasteiger partial charge in [-0.2, -0.15) is 4.40 Å². The number of hydrogen-bond donors (Lipinski definition) is 0. The van der Waals surface area contributed by atoms with Crippen LogP contribution in [0.5, 0.6) is 0 Å². The first-order valence-corrected chi connectivity index (χ1v) is 4.18. The molecule has 0 fully saturated rings. The van der Waals surface area contributed by atoms with Gasteiger partial charge in [-0.25, -0.2) is 8.42 Å². The van der Waals surface area contributed by atoms with Crippen LogP contribution in [0.2, 0.25) is 0 Å². The molecule has 0 atom stereocenters. The van der Waals surface area contributed by atoms with Crippen molar-refractivity contribution in [3.05, 3.63) is 0 Å². The first-order valence-electron chi connectivity index (χ1n) is 2.33. The summed E-state index contributed by atoms with van der Waals surface area (Å²) in [4.78, 5) is 1.56. The minimum absolute atomic E-state index is 1.05. The zero-order chi connectivity index (χ0) is 7.49. The van der Waals surface area contributed by atoms with E-state index in [2.05, 4.69) is 4.40 Å². The third-order valence-corrected chi connectivity index (χ3v) is 0.947. The van der Waals surface area contributed by atoms with Gasteiger partial charge < -0.3 is 4.90 Å². The Balaban J connectivity index is 4.03. The number of rotatable bonds is 2. The molecule has 5 heteroatoms. The summed E-state index contributed by atoms with van der Waals surface area (Å²) in [6, 6.07) is 0. The van der Waals surface area contributed by atoms with Crippen molar-refractivity contribution < 1.29 is 8.42 Å². The molecule has 0 radical (unpaired) electrons. The summed E-state index contributed by atoms with van der Waals surface area (Å²) in [6.07, 6.45) is 2.29.